The smallest absolute Gasteiger partial charge is 0.354 e. The van der Waals surface area contributed by atoms with Crippen molar-refractivity contribution in [2.75, 3.05) is 0 Å². The van der Waals surface area contributed by atoms with Gasteiger partial charge in [-0.2, -0.15) is 5.10 Å². The number of nitrogens with one attached hydrogen (secondary N) is 1. The second kappa shape index (κ2) is 5.75. The van der Waals surface area contributed by atoms with Gasteiger partial charge in [0.15, 0.2) is 0 Å². The molecule has 2 aromatic carbocycles. The molecule has 0 spiro atoms. The van der Waals surface area contributed by atoms with Gasteiger partial charge in [0.05, 0.1) is 0 Å². The van der Waals surface area contributed by atoms with Gasteiger partial charge < -0.3 is 4.74 Å². The number of esters is 1. The second-order valence-electron chi connectivity index (χ2n) is 4.81. The van der Waals surface area contributed by atoms with Crippen molar-refractivity contribution in [1.29, 1.82) is 0 Å². The summed E-state index contributed by atoms with van der Waals surface area (Å²) in [4.78, 5) is 22.9. The Labute approximate surface area is 121 Å². The van der Waals surface area contributed by atoms with Crippen LogP contribution in [0.25, 0.3) is 10.8 Å². The molecule has 1 aliphatic heterocycles. The van der Waals surface area contributed by atoms with Crippen molar-refractivity contribution < 1.29 is 14.3 Å². The van der Waals surface area contributed by atoms with E-state index >= 15 is 0 Å². The average Bonchev–Trinajstić information content (AvgIpc) is 2.53. The summed E-state index contributed by atoms with van der Waals surface area (Å²) < 4.78 is 5.29. The topological polar surface area (TPSA) is 67.8 Å². The maximum absolute atomic E-state index is 11.9. The molecule has 0 saturated heterocycles. The van der Waals surface area contributed by atoms with Gasteiger partial charge in [-0.05, 0) is 16.3 Å². The first kappa shape index (κ1) is 13.3. The highest BCUT2D eigenvalue weighted by atomic mass is 16.5. The van der Waals surface area contributed by atoms with Crippen LogP contribution in [0.3, 0.4) is 0 Å². The van der Waals surface area contributed by atoms with E-state index in [0.29, 0.717) is 6.42 Å². The lowest BCUT2D eigenvalue weighted by Gasteiger charge is -2.12. The molecule has 1 heterocycles. The fourth-order valence-corrected chi connectivity index (χ4v) is 2.27. The van der Waals surface area contributed by atoms with E-state index in [9.17, 15) is 9.59 Å². The predicted molar refractivity (Wildman–Crippen MR) is 78.6 cm³/mol. The Bertz CT molecular complexity index is 732. The number of carbonyl (C=O) groups is 2. The van der Waals surface area contributed by atoms with Gasteiger partial charge in [-0.1, -0.05) is 42.5 Å². The van der Waals surface area contributed by atoms with Crippen LogP contribution in [-0.4, -0.2) is 17.6 Å². The third kappa shape index (κ3) is 2.91. The molecule has 0 aromatic heterocycles. The fourth-order valence-electron chi connectivity index (χ4n) is 2.27. The summed E-state index contributed by atoms with van der Waals surface area (Å²) >= 11 is 0. The van der Waals surface area contributed by atoms with E-state index in [0.717, 1.165) is 16.3 Å². The molecule has 21 heavy (non-hydrogen) atoms. The first-order valence-electron chi connectivity index (χ1n) is 6.73. The number of hydrogen-bond acceptors (Lipinski definition) is 4. The Hall–Kier alpha value is -2.69. The normalized spacial score (nSPS) is 14.5. The van der Waals surface area contributed by atoms with Gasteiger partial charge >= 0.3 is 5.97 Å². The Morgan fingerprint density at radius 3 is 2.76 bits per heavy atom. The highest BCUT2D eigenvalue weighted by Gasteiger charge is 2.19. The standard InChI is InChI=1S/C16H14N2O3/c19-15-9-8-14(17-18-15)16(20)21-10-12-6-3-5-11-4-1-2-7-13(11)12/h1-7H,8-10H2,(H,18,19). The molecule has 0 aliphatic carbocycles. The van der Waals surface area contributed by atoms with Crippen molar-refractivity contribution in [3.63, 3.8) is 0 Å². The van der Waals surface area contributed by atoms with Gasteiger partial charge in [0.25, 0.3) is 0 Å². The molecule has 0 fully saturated rings. The quantitative estimate of drug-likeness (QED) is 0.877. The van der Waals surface area contributed by atoms with E-state index in [1.165, 1.54) is 0 Å². The van der Waals surface area contributed by atoms with Gasteiger partial charge in [-0.25, -0.2) is 10.2 Å². The third-order valence-corrected chi connectivity index (χ3v) is 3.38. The molecule has 1 aliphatic rings. The number of ether oxygens (including phenoxy) is 1. The molecule has 5 nitrogen and oxygen atoms in total. The maximum Gasteiger partial charge on any atom is 0.354 e. The molecule has 1 N–H and O–H groups in total. The van der Waals surface area contributed by atoms with Crippen molar-refractivity contribution >= 4 is 28.4 Å². The highest BCUT2D eigenvalue weighted by molar-refractivity contribution is 6.37. The van der Waals surface area contributed by atoms with Gasteiger partial charge in [-0.3, -0.25) is 4.79 Å². The van der Waals surface area contributed by atoms with Crippen LogP contribution in [0.15, 0.2) is 47.6 Å². The minimum Gasteiger partial charge on any atom is -0.456 e. The van der Waals surface area contributed by atoms with Crippen molar-refractivity contribution in [3.8, 4) is 0 Å². The molecule has 0 saturated carbocycles. The van der Waals surface area contributed by atoms with E-state index in [-0.39, 0.29) is 24.6 Å². The number of amides is 1. The van der Waals surface area contributed by atoms with Crippen LogP contribution in [0.2, 0.25) is 0 Å². The summed E-state index contributed by atoms with van der Waals surface area (Å²) in [7, 11) is 0. The average molecular weight is 282 g/mol. The molecular weight excluding hydrogens is 268 g/mol. The molecule has 106 valence electrons. The largest absolute Gasteiger partial charge is 0.456 e. The first-order valence-corrected chi connectivity index (χ1v) is 6.73. The van der Waals surface area contributed by atoms with E-state index < -0.39 is 5.97 Å². The minimum atomic E-state index is -0.483. The van der Waals surface area contributed by atoms with Gasteiger partial charge in [-0.15, -0.1) is 0 Å². The molecule has 0 atom stereocenters. The SMILES string of the molecule is O=C1CCC(C(=O)OCc2cccc3ccccc23)=NN1. The summed E-state index contributed by atoms with van der Waals surface area (Å²) in [6.07, 6.45) is 0.586. The second-order valence-corrected chi connectivity index (χ2v) is 4.81. The first-order chi connectivity index (χ1) is 10.2. The summed E-state index contributed by atoms with van der Waals surface area (Å²) in [6.45, 7) is 0.188. The number of benzene rings is 2. The zero-order chi connectivity index (χ0) is 14.7. The van der Waals surface area contributed by atoms with Crippen LogP contribution in [0.1, 0.15) is 18.4 Å². The third-order valence-electron chi connectivity index (χ3n) is 3.38. The molecular formula is C16H14N2O3. The van der Waals surface area contributed by atoms with Crippen LogP contribution in [0, 0.1) is 0 Å². The van der Waals surface area contributed by atoms with E-state index in [2.05, 4.69) is 10.5 Å². The summed E-state index contributed by atoms with van der Waals surface area (Å²) in [5.41, 5.74) is 3.49. The molecule has 3 rings (SSSR count). The molecule has 0 unspecified atom stereocenters. The zero-order valence-corrected chi connectivity index (χ0v) is 11.3. The van der Waals surface area contributed by atoms with Crippen LogP contribution in [0.4, 0.5) is 0 Å². The lowest BCUT2D eigenvalue weighted by atomic mass is 10.1. The zero-order valence-electron chi connectivity index (χ0n) is 11.3. The van der Waals surface area contributed by atoms with E-state index in [1.807, 2.05) is 42.5 Å². The Balaban J connectivity index is 1.72. The Morgan fingerprint density at radius 2 is 1.95 bits per heavy atom. The van der Waals surface area contributed by atoms with E-state index in [1.54, 1.807) is 0 Å². The number of hydrogen-bond donors (Lipinski definition) is 1. The van der Waals surface area contributed by atoms with Crippen molar-refractivity contribution in [1.82, 2.24) is 5.43 Å². The minimum absolute atomic E-state index is 0.180. The summed E-state index contributed by atoms with van der Waals surface area (Å²) in [6, 6.07) is 13.8. The lowest BCUT2D eigenvalue weighted by Crippen LogP contribution is -2.30. The van der Waals surface area contributed by atoms with Gasteiger partial charge in [0.2, 0.25) is 5.91 Å². The number of carbonyl (C=O) groups excluding carboxylic acids is 2. The predicted octanol–water partition coefficient (Wildman–Crippen LogP) is 2.15. The Kier molecular flexibility index (Phi) is 3.64. The van der Waals surface area contributed by atoms with Crippen LogP contribution in [-0.2, 0) is 20.9 Å². The van der Waals surface area contributed by atoms with E-state index in [4.69, 9.17) is 4.74 Å². The number of fused-ring (bicyclic) bond motifs is 1. The number of nitrogens with zero attached hydrogens (tertiary/aromatic N) is 1. The highest BCUT2D eigenvalue weighted by Crippen LogP contribution is 2.19. The van der Waals surface area contributed by atoms with Crippen molar-refractivity contribution in [2.45, 2.75) is 19.4 Å². The van der Waals surface area contributed by atoms with Gasteiger partial charge in [0, 0.05) is 12.8 Å². The number of hydrazone groups is 1. The lowest BCUT2D eigenvalue weighted by molar-refractivity contribution is -0.137. The fraction of sp³-hybridized carbons (Fsp3) is 0.188. The Morgan fingerprint density at radius 1 is 1.14 bits per heavy atom. The summed E-state index contributed by atoms with van der Waals surface area (Å²) in [5, 5.41) is 5.89. The van der Waals surface area contributed by atoms with Crippen molar-refractivity contribution in [3.05, 3.63) is 48.0 Å². The van der Waals surface area contributed by atoms with Crippen LogP contribution in [0.5, 0.6) is 0 Å². The van der Waals surface area contributed by atoms with Crippen LogP contribution >= 0.6 is 0 Å². The van der Waals surface area contributed by atoms with Gasteiger partial charge in [0.1, 0.15) is 12.3 Å². The molecule has 5 heteroatoms. The molecule has 0 radical (unpaired) electrons. The monoisotopic (exact) mass is 282 g/mol. The summed E-state index contributed by atoms with van der Waals surface area (Å²) in [5.74, 6) is -0.663. The molecule has 0 bridgehead atoms. The van der Waals surface area contributed by atoms with Crippen molar-refractivity contribution in [2.24, 2.45) is 5.10 Å². The maximum atomic E-state index is 11.9. The number of rotatable bonds is 3. The molecule has 2 aromatic rings. The molecule has 1 amide bonds. The van der Waals surface area contributed by atoms with Crippen LogP contribution < -0.4 is 5.43 Å².